The molecule has 0 aromatic heterocycles. The van der Waals surface area contributed by atoms with Gasteiger partial charge in [-0.2, -0.15) is 0 Å². The molecule has 0 amide bonds. The van der Waals surface area contributed by atoms with E-state index in [9.17, 15) is 0 Å². The number of benzene rings is 2. The van der Waals surface area contributed by atoms with Gasteiger partial charge in [0.25, 0.3) is 0 Å². The van der Waals surface area contributed by atoms with Crippen LogP contribution in [0, 0.1) is 0 Å². The summed E-state index contributed by atoms with van der Waals surface area (Å²) in [4.78, 5) is 2.52. The van der Waals surface area contributed by atoms with Gasteiger partial charge in [-0.1, -0.05) is 24.3 Å². The fraction of sp³-hybridized carbons (Fsp3) is 0.474. The van der Waals surface area contributed by atoms with Crippen molar-refractivity contribution in [3.63, 3.8) is 0 Å². The molecule has 2 aromatic rings. The molecule has 0 spiro atoms. The average molecular weight is 327 g/mol. The maximum Gasteiger partial charge on any atom is 0.149 e. The minimum Gasteiger partial charge on any atom is -0.497 e. The first-order valence-electron chi connectivity index (χ1n) is 8.82. The van der Waals surface area contributed by atoms with Gasteiger partial charge in [-0.05, 0) is 28.5 Å². The first-order chi connectivity index (χ1) is 11.8. The Morgan fingerprint density at radius 1 is 1.33 bits per heavy atom. The third-order valence-electron chi connectivity index (χ3n) is 5.84. The molecular formula is C19H27N4O+. The van der Waals surface area contributed by atoms with Gasteiger partial charge in [0, 0.05) is 19.4 Å². The van der Waals surface area contributed by atoms with Crippen molar-refractivity contribution in [2.75, 3.05) is 40.2 Å². The highest BCUT2D eigenvalue weighted by Gasteiger charge is 2.47. The van der Waals surface area contributed by atoms with E-state index in [0.717, 1.165) is 36.5 Å². The second kappa shape index (κ2) is 6.33. The number of methoxy groups -OCH3 is 1. The topological polar surface area (TPSA) is 50.5 Å². The summed E-state index contributed by atoms with van der Waals surface area (Å²) >= 11 is 0. The van der Waals surface area contributed by atoms with Gasteiger partial charge in [-0.25, -0.2) is 4.90 Å². The van der Waals surface area contributed by atoms with E-state index in [2.05, 4.69) is 40.5 Å². The van der Waals surface area contributed by atoms with E-state index in [1.807, 2.05) is 6.07 Å². The van der Waals surface area contributed by atoms with E-state index in [4.69, 9.17) is 10.5 Å². The van der Waals surface area contributed by atoms with Crippen LogP contribution in [-0.2, 0) is 6.42 Å². The summed E-state index contributed by atoms with van der Waals surface area (Å²) in [6.45, 7) is 4.95. The lowest BCUT2D eigenvalue weighted by atomic mass is 10.00. The van der Waals surface area contributed by atoms with Crippen molar-refractivity contribution < 1.29 is 9.22 Å². The molecule has 24 heavy (non-hydrogen) atoms. The second-order valence-corrected chi connectivity index (χ2v) is 7.03. The Morgan fingerprint density at radius 2 is 2.25 bits per heavy atom. The molecule has 128 valence electrons. The monoisotopic (exact) mass is 327 g/mol. The Balaban J connectivity index is 1.60. The predicted molar refractivity (Wildman–Crippen MR) is 96.4 cm³/mol. The third-order valence-corrected chi connectivity index (χ3v) is 5.84. The molecule has 2 fully saturated rings. The quantitative estimate of drug-likeness (QED) is 0.821. The summed E-state index contributed by atoms with van der Waals surface area (Å²) in [6, 6.07) is 12.9. The maximum atomic E-state index is 6.23. The van der Waals surface area contributed by atoms with E-state index in [1.165, 1.54) is 29.3 Å². The number of nitrogens with zero attached hydrogens (tertiary/aromatic N) is 2. The second-order valence-electron chi connectivity index (χ2n) is 7.03. The van der Waals surface area contributed by atoms with Crippen LogP contribution in [0.3, 0.4) is 0 Å². The van der Waals surface area contributed by atoms with Gasteiger partial charge in [0.15, 0.2) is 0 Å². The van der Waals surface area contributed by atoms with Crippen molar-refractivity contribution in [1.29, 1.82) is 0 Å². The standard InChI is InChI=1S/C19H27N4O/c1-24-17-6-5-15-3-2-4-16(18(15)11-17)8-10-23(12-20)14-21-13-22-9-7-19(22)23/h2-6,11,19,21H,7-10,12-14,20H2,1H3/q+1. The normalized spacial score (nSPS) is 26.8. The molecule has 2 aromatic carbocycles. The Hall–Kier alpha value is -1.66. The molecule has 2 heterocycles. The molecule has 2 saturated heterocycles. The number of rotatable bonds is 5. The molecule has 0 bridgehead atoms. The fourth-order valence-electron chi connectivity index (χ4n) is 4.26. The predicted octanol–water partition coefficient (Wildman–Crippen LogP) is 1.67. The van der Waals surface area contributed by atoms with E-state index < -0.39 is 0 Å². The van der Waals surface area contributed by atoms with Gasteiger partial charge < -0.3 is 4.74 Å². The van der Waals surface area contributed by atoms with Crippen LogP contribution in [-0.4, -0.2) is 55.8 Å². The van der Waals surface area contributed by atoms with Gasteiger partial charge in [0.05, 0.1) is 20.3 Å². The zero-order chi connectivity index (χ0) is 16.6. The van der Waals surface area contributed by atoms with Gasteiger partial charge >= 0.3 is 0 Å². The van der Waals surface area contributed by atoms with Crippen molar-refractivity contribution in [2.24, 2.45) is 5.73 Å². The number of hydrogen-bond donors (Lipinski definition) is 2. The molecule has 2 aliphatic heterocycles. The first-order valence-corrected chi connectivity index (χ1v) is 8.82. The largest absolute Gasteiger partial charge is 0.497 e. The number of ether oxygens (including phenoxy) is 1. The zero-order valence-corrected chi connectivity index (χ0v) is 14.4. The highest BCUT2D eigenvalue weighted by Crippen LogP contribution is 2.31. The minimum absolute atomic E-state index is 0.598. The van der Waals surface area contributed by atoms with Crippen LogP contribution in [0.25, 0.3) is 10.8 Å². The maximum absolute atomic E-state index is 6.23. The van der Waals surface area contributed by atoms with Crippen molar-refractivity contribution in [3.05, 3.63) is 42.0 Å². The molecule has 2 unspecified atom stereocenters. The summed E-state index contributed by atoms with van der Waals surface area (Å²) in [6.07, 6.45) is 2.90. The lowest BCUT2D eigenvalue weighted by Gasteiger charge is -2.56. The zero-order valence-electron chi connectivity index (χ0n) is 14.4. The first kappa shape index (κ1) is 15.8. The molecule has 2 atom stereocenters. The summed E-state index contributed by atoms with van der Waals surface area (Å²) in [5.41, 5.74) is 7.62. The Bertz CT molecular complexity index is 734. The molecule has 3 N–H and O–H groups in total. The van der Waals surface area contributed by atoms with Crippen LogP contribution < -0.4 is 15.8 Å². The van der Waals surface area contributed by atoms with Crippen LogP contribution in [0.2, 0.25) is 0 Å². The van der Waals surface area contributed by atoms with Crippen molar-refractivity contribution >= 4 is 10.8 Å². The van der Waals surface area contributed by atoms with Gasteiger partial charge in [0.1, 0.15) is 25.3 Å². The number of hydrogen-bond acceptors (Lipinski definition) is 4. The van der Waals surface area contributed by atoms with Crippen LogP contribution in [0.15, 0.2) is 36.4 Å². The molecule has 4 rings (SSSR count). The number of nitrogens with one attached hydrogen (secondary N) is 1. The molecule has 0 saturated carbocycles. The Kier molecular flexibility index (Phi) is 4.18. The molecule has 5 nitrogen and oxygen atoms in total. The summed E-state index contributed by atoms with van der Waals surface area (Å²) in [7, 11) is 1.73. The van der Waals surface area contributed by atoms with E-state index >= 15 is 0 Å². The average Bonchev–Trinajstić information content (AvgIpc) is 2.60. The number of quaternary nitrogens is 1. The van der Waals surface area contributed by atoms with Crippen LogP contribution in [0.1, 0.15) is 12.0 Å². The SMILES string of the molecule is COc1ccc2cccc(CC[N+]3(CN)CNCN4CCC43)c2c1. The minimum atomic E-state index is 0.598. The Morgan fingerprint density at radius 3 is 3.00 bits per heavy atom. The van der Waals surface area contributed by atoms with Crippen LogP contribution in [0.5, 0.6) is 5.75 Å². The van der Waals surface area contributed by atoms with Gasteiger partial charge in [0.2, 0.25) is 0 Å². The molecule has 0 aliphatic carbocycles. The van der Waals surface area contributed by atoms with Gasteiger partial charge in [-0.3, -0.25) is 15.5 Å². The van der Waals surface area contributed by atoms with E-state index in [1.54, 1.807) is 7.11 Å². The molecule has 5 heteroatoms. The highest BCUT2D eigenvalue weighted by atomic mass is 16.5. The lowest BCUT2D eigenvalue weighted by molar-refractivity contribution is -0.977. The number of fused-ring (bicyclic) bond motifs is 2. The van der Waals surface area contributed by atoms with Crippen LogP contribution >= 0.6 is 0 Å². The summed E-state index contributed by atoms with van der Waals surface area (Å²) in [5.74, 6) is 0.919. The number of nitrogens with two attached hydrogens (primary N) is 1. The van der Waals surface area contributed by atoms with Crippen molar-refractivity contribution in [2.45, 2.75) is 19.0 Å². The summed E-state index contributed by atoms with van der Waals surface area (Å²) in [5, 5.41) is 6.11. The highest BCUT2D eigenvalue weighted by molar-refractivity contribution is 5.87. The summed E-state index contributed by atoms with van der Waals surface area (Å²) < 4.78 is 6.37. The Labute approximate surface area is 143 Å². The molecular weight excluding hydrogens is 300 g/mol. The van der Waals surface area contributed by atoms with Gasteiger partial charge in [-0.15, -0.1) is 0 Å². The molecule has 0 radical (unpaired) electrons. The van der Waals surface area contributed by atoms with E-state index in [0.29, 0.717) is 12.8 Å². The molecule has 2 aliphatic rings. The third kappa shape index (κ3) is 2.58. The lowest BCUT2D eigenvalue weighted by Crippen LogP contribution is -2.77. The smallest absolute Gasteiger partial charge is 0.149 e. The fourth-order valence-corrected chi connectivity index (χ4v) is 4.26. The van der Waals surface area contributed by atoms with Crippen LogP contribution in [0.4, 0.5) is 0 Å². The van der Waals surface area contributed by atoms with Crippen molar-refractivity contribution in [1.82, 2.24) is 10.2 Å². The van der Waals surface area contributed by atoms with E-state index in [-0.39, 0.29) is 0 Å². The van der Waals surface area contributed by atoms with Crippen molar-refractivity contribution in [3.8, 4) is 5.75 Å².